The molecule has 122 valence electrons. The zero-order chi connectivity index (χ0) is 16.8. The van der Waals surface area contributed by atoms with E-state index in [1.54, 1.807) is 7.05 Å². The van der Waals surface area contributed by atoms with Crippen molar-refractivity contribution >= 4 is 12.0 Å². The lowest BCUT2D eigenvalue weighted by Gasteiger charge is -2.36. The fourth-order valence-electron chi connectivity index (χ4n) is 2.49. The second kappa shape index (κ2) is 7.82. The molecule has 0 heterocycles. The minimum absolute atomic E-state index is 0.0327. The molecule has 1 aromatic rings. The molecule has 1 unspecified atom stereocenters. The molecule has 0 saturated carbocycles. The number of carboxylic acids is 1. The van der Waals surface area contributed by atoms with Gasteiger partial charge in [0, 0.05) is 25.0 Å². The Morgan fingerprint density at radius 3 is 2.36 bits per heavy atom. The highest BCUT2D eigenvalue weighted by atomic mass is 16.4. The van der Waals surface area contributed by atoms with E-state index < -0.39 is 5.97 Å². The fraction of sp³-hybridized carbons (Fsp3) is 0.529. The van der Waals surface area contributed by atoms with Gasteiger partial charge in [-0.1, -0.05) is 51.1 Å². The minimum Gasteiger partial charge on any atom is -0.481 e. The number of carbonyl (C=O) groups excluding carboxylic acids is 1. The first-order valence-electron chi connectivity index (χ1n) is 7.58. The number of carbonyl (C=O) groups is 2. The van der Waals surface area contributed by atoms with Crippen molar-refractivity contribution in [3.63, 3.8) is 0 Å². The van der Waals surface area contributed by atoms with E-state index in [0.717, 1.165) is 12.0 Å². The van der Waals surface area contributed by atoms with Crippen LogP contribution in [0.25, 0.3) is 0 Å². The van der Waals surface area contributed by atoms with Crippen molar-refractivity contribution < 1.29 is 14.7 Å². The van der Waals surface area contributed by atoms with Crippen LogP contribution in [-0.2, 0) is 10.2 Å². The average Bonchev–Trinajstić information content (AvgIpc) is 2.50. The van der Waals surface area contributed by atoms with Gasteiger partial charge in [0.25, 0.3) is 0 Å². The Morgan fingerprint density at radius 2 is 1.86 bits per heavy atom. The molecule has 5 nitrogen and oxygen atoms in total. The van der Waals surface area contributed by atoms with E-state index in [4.69, 9.17) is 5.11 Å². The van der Waals surface area contributed by atoms with E-state index in [1.807, 2.05) is 25.1 Å². The summed E-state index contributed by atoms with van der Waals surface area (Å²) >= 11 is 0. The van der Waals surface area contributed by atoms with Gasteiger partial charge in [-0.2, -0.15) is 0 Å². The molecule has 0 aliphatic rings. The van der Waals surface area contributed by atoms with Crippen molar-refractivity contribution in [1.29, 1.82) is 0 Å². The molecule has 2 amide bonds. The summed E-state index contributed by atoms with van der Waals surface area (Å²) in [5.41, 5.74) is 0.953. The van der Waals surface area contributed by atoms with E-state index in [-0.39, 0.29) is 30.5 Å². The van der Waals surface area contributed by atoms with Crippen molar-refractivity contribution in [2.24, 2.45) is 0 Å². The van der Waals surface area contributed by atoms with Gasteiger partial charge in [-0.15, -0.1) is 0 Å². The Hall–Kier alpha value is -2.04. The molecular formula is C17H26N2O3. The molecule has 1 rings (SSSR count). The van der Waals surface area contributed by atoms with E-state index in [9.17, 15) is 9.59 Å². The summed E-state index contributed by atoms with van der Waals surface area (Å²) in [6.45, 7) is 6.44. The predicted octanol–water partition coefficient (Wildman–Crippen LogP) is 2.86. The molecule has 0 fully saturated rings. The van der Waals surface area contributed by atoms with Crippen LogP contribution in [-0.4, -0.2) is 41.6 Å². The maximum Gasteiger partial charge on any atom is 0.317 e. The van der Waals surface area contributed by atoms with Crippen molar-refractivity contribution in [3.05, 3.63) is 35.9 Å². The molecule has 0 saturated heterocycles. The van der Waals surface area contributed by atoms with Crippen molar-refractivity contribution in [3.8, 4) is 0 Å². The van der Waals surface area contributed by atoms with Crippen molar-refractivity contribution in [2.75, 3.05) is 13.6 Å². The smallest absolute Gasteiger partial charge is 0.317 e. The first kappa shape index (κ1) is 18.0. The number of amides is 2. The van der Waals surface area contributed by atoms with Crippen LogP contribution >= 0.6 is 0 Å². The van der Waals surface area contributed by atoms with Gasteiger partial charge in [-0.25, -0.2) is 4.79 Å². The Bertz CT molecular complexity index is 500. The highest BCUT2D eigenvalue weighted by Crippen LogP contribution is 2.28. The number of nitrogens with zero attached hydrogens (tertiary/aromatic N) is 1. The number of nitrogens with one attached hydrogen (secondary N) is 1. The highest BCUT2D eigenvalue weighted by Gasteiger charge is 2.31. The van der Waals surface area contributed by atoms with Gasteiger partial charge in [-0.05, 0) is 12.0 Å². The van der Waals surface area contributed by atoms with Gasteiger partial charge >= 0.3 is 12.0 Å². The van der Waals surface area contributed by atoms with Crippen LogP contribution in [0.15, 0.2) is 30.3 Å². The van der Waals surface area contributed by atoms with E-state index in [1.165, 1.54) is 4.90 Å². The summed E-state index contributed by atoms with van der Waals surface area (Å²) in [4.78, 5) is 24.2. The molecule has 1 aromatic carbocycles. The van der Waals surface area contributed by atoms with Crippen LogP contribution < -0.4 is 5.32 Å². The summed E-state index contributed by atoms with van der Waals surface area (Å²) in [6.07, 6.45) is 0.739. The molecule has 0 radical (unpaired) electrons. The van der Waals surface area contributed by atoms with E-state index >= 15 is 0 Å². The van der Waals surface area contributed by atoms with Crippen LogP contribution in [0, 0.1) is 0 Å². The van der Waals surface area contributed by atoms with Crippen LogP contribution in [0.4, 0.5) is 4.79 Å². The van der Waals surface area contributed by atoms with Gasteiger partial charge in [0.05, 0.1) is 6.42 Å². The van der Waals surface area contributed by atoms with E-state index in [2.05, 4.69) is 31.3 Å². The monoisotopic (exact) mass is 306 g/mol. The molecule has 0 bridgehead atoms. The van der Waals surface area contributed by atoms with Crippen LogP contribution in [0.3, 0.4) is 0 Å². The van der Waals surface area contributed by atoms with Gasteiger partial charge in [0.15, 0.2) is 0 Å². The lowest BCUT2D eigenvalue weighted by atomic mass is 9.76. The van der Waals surface area contributed by atoms with Gasteiger partial charge in [0.1, 0.15) is 0 Å². The second-order valence-corrected chi connectivity index (χ2v) is 6.06. The first-order chi connectivity index (χ1) is 10.3. The van der Waals surface area contributed by atoms with E-state index in [0.29, 0.717) is 0 Å². The fourth-order valence-corrected chi connectivity index (χ4v) is 2.49. The summed E-state index contributed by atoms with van der Waals surface area (Å²) in [6, 6.07) is 9.80. The maximum absolute atomic E-state index is 12.2. The molecular weight excluding hydrogens is 280 g/mol. The Labute approximate surface area is 132 Å². The number of benzene rings is 1. The molecule has 1 atom stereocenters. The lowest BCUT2D eigenvalue weighted by Crippen LogP contribution is -2.51. The molecule has 0 spiro atoms. The van der Waals surface area contributed by atoms with Crippen LogP contribution in [0.5, 0.6) is 0 Å². The zero-order valence-corrected chi connectivity index (χ0v) is 13.8. The largest absolute Gasteiger partial charge is 0.481 e. The Kier molecular flexibility index (Phi) is 6.40. The Morgan fingerprint density at radius 1 is 1.27 bits per heavy atom. The van der Waals surface area contributed by atoms with Gasteiger partial charge in [0.2, 0.25) is 0 Å². The first-order valence-corrected chi connectivity index (χ1v) is 7.58. The third kappa shape index (κ3) is 4.76. The minimum atomic E-state index is -0.906. The SMILES string of the molecule is CCC(NC(=O)N(C)CCC(=O)O)C(C)(C)c1ccccc1. The number of hydrogen-bond acceptors (Lipinski definition) is 2. The number of urea groups is 1. The topological polar surface area (TPSA) is 69.6 Å². The van der Waals surface area contributed by atoms with Crippen LogP contribution in [0.2, 0.25) is 0 Å². The predicted molar refractivity (Wildman–Crippen MR) is 87.0 cm³/mol. The lowest BCUT2D eigenvalue weighted by molar-refractivity contribution is -0.137. The molecule has 0 aliphatic heterocycles. The number of hydrogen-bond donors (Lipinski definition) is 2. The third-order valence-electron chi connectivity index (χ3n) is 4.10. The summed E-state index contributed by atoms with van der Waals surface area (Å²) < 4.78 is 0. The number of rotatable bonds is 7. The van der Waals surface area contributed by atoms with Crippen LogP contribution in [0.1, 0.15) is 39.2 Å². The van der Waals surface area contributed by atoms with Gasteiger partial charge in [-0.3, -0.25) is 4.79 Å². The third-order valence-corrected chi connectivity index (χ3v) is 4.10. The second-order valence-electron chi connectivity index (χ2n) is 6.06. The summed E-state index contributed by atoms with van der Waals surface area (Å²) in [5, 5.41) is 11.7. The highest BCUT2D eigenvalue weighted by molar-refractivity contribution is 5.75. The van der Waals surface area contributed by atoms with Gasteiger partial charge < -0.3 is 15.3 Å². The number of carboxylic acid groups (broad SMARTS) is 1. The Balaban J connectivity index is 2.75. The molecule has 22 heavy (non-hydrogen) atoms. The maximum atomic E-state index is 12.2. The summed E-state index contributed by atoms with van der Waals surface area (Å²) in [5.74, 6) is -0.906. The standard InChI is InChI=1S/C17H26N2O3/c1-5-14(17(2,3)13-9-7-6-8-10-13)18-16(22)19(4)12-11-15(20)21/h6-10,14H,5,11-12H2,1-4H3,(H,18,22)(H,20,21). The molecule has 2 N–H and O–H groups in total. The summed E-state index contributed by atoms with van der Waals surface area (Å²) in [7, 11) is 1.61. The quantitative estimate of drug-likeness (QED) is 0.814. The molecule has 0 aliphatic carbocycles. The molecule has 5 heteroatoms. The van der Waals surface area contributed by atoms with Crippen molar-refractivity contribution in [1.82, 2.24) is 10.2 Å². The zero-order valence-electron chi connectivity index (χ0n) is 13.8. The molecule has 0 aromatic heterocycles. The average molecular weight is 306 g/mol. The van der Waals surface area contributed by atoms with Crippen molar-refractivity contribution in [2.45, 2.75) is 45.1 Å². The normalized spacial score (nSPS) is 12.5. The number of aliphatic carboxylic acids is 1.